The van der Waals surface area contributed by atoms with Gasteiger partial charge in [0.05, 0.1) is 66.8 Å². The van der Waals surface area contributed by atoms with Crippen LogP contribution in [0.5, 0.6) is 11.5 Å². The molecule has 5 rings (SSSR count). The highest BCUT2D eigenvalue weighted by molar-refractivity contribution is 8.00. The molecule has 2 atom stereocenters. The van der Waals surface area contributed by atoms with Crippen molar-refractivity contribution in [3.05, 3.63) is 45.1 Å². The number of carbonyl (C=O) groups is 5. The Morgan fingerprint density at radius 3 is 2.57 bits per heavy atom. The molecule has 0 radical (unpaired) electrons. The first-order valence-electron chi connectivity index (χ1n) is 15.9. The highest BCUT2D eigenvalue weighted by atomic mass is 35.5. The molecule has 2 unspecified atom stereocenters. The molecule has 3 aliphatic rings. The third-order valence-corrected chi connectivity index (χ3v) is 11.5. The Morgan fingerprint density at radius 1 is 1.25 bits per heavy atom. The number of nitrogens with two attached hydrogens (primary N) is 1. The molecule has 274 valence electrons. The van der Waals surface area contributed by atoms with Crippen LogP contribution in [0, 0.1) is 5.92 Å². The zero-order chi connectivity index (χ0) is 37.2. The first-order valence-corrected chi connectivity index (χ1v) is 18.2. The average Bonchev–Trinajstić information content (AvgIpc) is 3.72. The Balaban J connectivity index is 1.29. The number of carbonyl (C=O) groups excluding carboxylic acids is 4. The predicted molar refractivity (Wildman–Crippen MR) is 185 cm³/mol. The maximum Gasteiger partial charge on any atom is 0.350 e. The number of thiazole rings is 1. The Bertz CT molecular complexity index is 1820. The number of nitrogens with zero attached hydrogens (tertiary/aromatic N) is 4. The summed E-state index contributed by atoms with van der Waals surface area (Å²) >= 11 is 8.65. The van der Waals surface area contributed by atoms with Gasteiger partial charge in [0, 0.05) is 36.0 Å². The van der Waals surface area contributed by atoms with Crippen molar-refractivity contribution in [1.82, 2.24) is 15.2 Å². The molecule has 2 fully saturated rings. The topological polar surface area (TPSA) is 234 Å². The second kappa shape index (κ2) is 15.1. The lowest BCUT2D eigenvalue weighted by molar-refractivity contribution is -0.911. The number of phenolic OH excluding ortho intramolecular Hbond substituents is 1. The van der Waals surface area contributed by atoms with Gasteiger partial charge >= 0.3 is 5.97 Å². The van der Waals surface area contributed by atoms with Crippen LogP contribution in [-0.4, -0.2) is 116 Å². The second-order valence-corrected chi connectivity index (χ2v) is 15.3. The number of oxime groups is 1. The number of methoxy groups -OCH3 is 1. The molecule has 5 N–H and O–H groups in total. The van der Waals surface area contributed by atoms with Crippen LogP contribution < -0.4 is 20.9 Å². The van der Waals surface area contributed by atoms with Crippen molar-refractivity contribution in [3.8, 4) is 11.5 Å². The number of β-lactam (4-membered cyclic amide) rings is 1. The maximum absolute atomic E-state index is 13.5. The largest absolute Gasteiger partial charge is 0.543 e. The molecule has 16 nitrogen and oxygen atoms in total. The van der Waals surface area contributed by atoms with Crippen molar-refractivity contribution in [1.29, 1.82) is 0 Å². The maximum atomic E-state index is 13.5. The van der Waals surface area contributed by atoms with Crippen LogP contribution in [0.15, 0.2) is 33.9 Å². The van der Waals surface area contributed by atoms with Crippen LogP contribution in [0.3, 0.4) is 0 Å². The molecular weight excluding hydrogens is 728 g/mol. The molecule has 3 aliphatic heterocycles. The van der Waals surface area contributed by atoms with E-state index >= 15 is 0 Å². The summed E-state index contributed by atoms with van der Waals surface area (Å²) in [5.41, 5.74) is 4.17. The van der Waals surface area contributed by atoms with Crippen LogP contribution in [-0.2, 0) is 24.0 Å². The van der Waals surface area contributed by atoms with E-state index in [9.17, 15) is 39.3 Å². The first kappa shape index (κ1) is 37.9. The number of aromatic nitrogens is 1. The van der Waals surface area contributed by atoms with E-state index in [4.69, 9.17) is 26.9 Å². The summed E-state index contributed by atoms with van der Waals surface area (Å²) in [6, 6.07) is 2.71. The zero-order valence-electron chi connectivity index (χ0n) is 28.0. The summed E-state index contributed by atoms with van der Waals surface area (Å²) < 4.78 is 5.57. The Hall–Kier alpha value is -4.39. The minimum absolute atomic E-state index is 0.0126. The number of amides is 2. The van der Waals surface area contributed by atoms with E-state index < -0.39 is 46.4 Å². The fraction of sp³-hybridized carbons (Fsp3) is 0.469. The van der Waals surface area contributed by atoms with Gasteiger partial charge in [-0.3, -0.25) is 19.3 Å². The van der Waals surface area contributed by atoms with Crippen molar-refractivity contribution >= 4 is 75.1 Å². The van der Waals surface area contributed by atoms with E-state index in [1.54, 1.807) is 0 Å². The van der Waals surface area contributed by atoms with Crippen LogP contribution in [0.2, 0.25) is 5.02 Å². The number of ketones is 1. The quantitative estimate of drug-likeness (QED) is 0.0866. The third kappa shape index (κ3) is 7.78. The predicted octanol–water partition coefficient (Wildman–Crippen LogP) is 1.21. The highest BCUT2D eigenvalue weighted by Gasteiger charge is 2.53. The van der Waals surface area contributed by atoms with Crippen molar-refractivity contribution in [2.24, 2.45) is 11.1 Å². The van der Waals surface area contributed by atoms with Crippen LogP contribution in [0.4, 0.5) is 5.13 Å². The summed E-state index contributed by atoms with van der Waals surface area (Å²) in [5.74, 6) is -5.32. The van der Waals surface area contributed by atoms with Gasteiger partial charge in [-0.05, 0) is 26.0 Å². The molecule has 0 spiro atoms. The van der Waals surface area contributed by atoms with E-state index in [-0.39, 0.29) is 63.0 Å². The Kier molecular flexibility index (Phi) is 11.2. The fourth-order valence-electron chi connectivity index (χ4n) is 6.35. The number of quaternary nitrogens is 1. The number of hydrogen-bond donors (Lipinski definition) is 4. The van der Waals surface area contributed by atoms with E-state index in [1.807, 2.05) is 0 Å². The smallest absolute Gasteiger partial charge is 0.350 e. The average molecular weight is 765 g/mol. The second-order valence-electron chi connectivity index (χ2n) is 12.9. The van der Waals surface area contributed by atoms with Gasteiger partial charge in [-0.25, -0.2) is 9.78 Å². The Labute approximate surface area is 305 Å². The molecule has 0 aliphatic carbocycles. The molecule has 1 aromatic carbocycles. The number of Topliss-reactive ketones (excluding diaryl/α,β-unsaturated/α-hetero) is 1. The molecule has 51 heavy (non-hydrogen) atoms. The monoisotopic (exact) mass is 764 g/mol. The van der Waals surface area contributed by atoms with E-state index in [0.717, 1.165) is 37.3 Å². The van der Waals surface area contributed by atoms with Gasteiger partial charge in [-0.1, -0.05) is 16.8 Å². The van der Waals surface area contributed by atoms with Gasteiger partial charge in [0.2, 0.25) is 11.5 Å². The van der Waals surface area contributed by atoms with Crippen molar-refractivity contribution in [2.75, 3.05) is 51.3 Å². The van der Waals surface area contributed by atoms with Crippen molar-refractivity contribution in [2.45, 2.75) is 44.1 Å². The number of aliphatic carboxylic acids is 2. The number of thioether (sulfide) groups is 1. The number of carboxylic acids is 2. The molecule has 2 saturated heterocycles. The lowest BCUT2D eigenvalue weighted by Gasteiger charge is -2.51. The van der Waals surface area contributed by atoms with Gasteiger partial charge in [0.1, 0.15) is 12.2 Å². The summed E-state index contributed by atoms with van der Waals surface area (Å²) in [7, 11) is 1.33. The molecule has 4 heterocycles. The van der Waals surface area contributed by atoms with Crippen molar-refractivity contribution < 1.29 is 53.3 Å². The number of nitrogen functional groups attached to an aromatic ring is 1. The molecule has 19 heteroatoms. The summed E-state index contributed by atoms with van der Waals surface area (Å²) in [5, 5.41) is 39.5. The van der Waals surface area contributed by atoms with Crippen LogP contribution in [0.25, 0.3) is 0 Å². The van der Waals surface area contributed by atoms with Gasteiger partial charge in [-0.2, -0.15) is 0 Å². The number of ether oxygens (including phenoxy) is 1. The molecule has 0 bridgehead atoms. The summed E-state index contributed by atoms with van der Waals surface area (Å²) in [6.45, 7) is 5.02. The Morgan fingerprint density at radius 2 is 1.96 bits per heavy atom. The molecule has 2 amide bonds. The van der Waals surface area contributed by atoms with E-state index in [1.165, 1.54) is 55.1 Å². The molecule has 0 saturated carbocycles. The van der Waals surface area contributed by atoms with E-state index in [0.29, 0.717) is 23.1 Å². The number of hydrogen-bond acceptors (Lipinski definition) is 14. The highest BCUT2D eigenvalue weighted by Crippen LogP contribution is 2.46. The number of anilines is 1. The first-order chi connectivity index (χ1) is 24.1. The number of carboxylic acid groups (broad SMARTS) is 2. The summed E-state index contributed by atoms with van der Waals surface area (Å²) in [4.78, 5) is 74.5. The number of benzene rings is 1. The number of nitrogens with one attached hydrogen (secondary N) is 1. The standard InChI is InChI=1S/C32H37ClN6O10S2/c1-32(2,30(46)47)49-37-23(19-15-51-31(34)36-19)21(41)12-18-27(43)38-24(29(44)45)16(14-50-28(18)38)13-39(9-4-5-10-39)11-8-35-26(42)17-6-7-20(40)25(48-3)22(17)33/h6-7,15,18,28H,4-5,8-14H2,1-3H3,(H5-,34,35,36,40,42,44,45,46,47)/b37-23-. The van der Waals surface area contributed by atoms with Crippen molar-refractivity contribution in [3.63, 3.8) is 0 Å². The SMILES string of the molecule is COc1c(O)ccc(C(=O)NCC[N+]2(CC3=C(C(=O)[O-])N4C(=O)C(CC(=O)/C(=N\OC(C)(C)C(=O)O)c5csc(N)n5)C4SC3)CCCC2)c1Cl. The van der Waals surface area contributed by atoms with Gasteiger partial charge < -0.3 is 45.2 Å². The minimum Gasteiger partial charge on any atom is -0.543 e. The summed E-state index contributed by atoms with van der Waals surface area (Å²) in [6.07, 6.45) is 1.44. The lowest BCUT2D eigenvalue weighted by atomic mass is 9.89. The minimum atomic E-state index is -1.77. The number of fused-ring (bicyclic) bond motifs is 1. The number of halogens is 1. The van der Waals surface area contributed by atoms with Gasteiger partial charge in [0.15, 0.2) is 28.1 Å². The van der Waals surface area contributed by atoms with Gasteiger partial charge in [-0.15, -0.1) is 23.1 Å². The molecular formula is C32H37ClN6O10S2. The van der Waals surface area contributed by atoms with Crippen LogP contribution >= 0.6 is 34.7 Å². The fourth-order valence-corrected chi connectivity index (χ4v) is 8.62. The molecule has 1 aromatic heterocycles. The third-order valence-electron chi connectivity index (χ3n) is 9.10. The zero-order valence-corrected chi connectivity index (χ0v) is 30.4. The number of rotatable bonds is 15. The van der Waals surface area contributed by atoms with E-state index in [2.05, 4.69) is 15.5 Å². The molecule has 2 aromatic rings. The lowest BCUT2D eigenvalue weighted by Crippen LogP contribution is -2.64. The number of phenols is 1. The number of likely N-dealkylation sites (tertiary alicyclic amines) is 1. The van der Waals surface area contributed by atoms with Crippen LogP contribution in [0.1, 0.15) is 49.2 Å². The normalized spacial score (nSPS) is 20.0. The number of aromatic hydroxyl groups is 1. The van der Waals surface area contributed by atoms with Gasteiger partial charge in [0.25, 0.3) is 5.91 Å².